The number of nitrogens with one attached hydrogen (secondary N) is 1. The SMILES string of the molecule is CC(C)CCN(C(=O)Nc1ccc(F)cc1F)C1CC1. The Labute approximate surface area is 118 Å². The summed E-state index contributed by atoms with van der Waals surface area (Å²) >= 11 is 0. The Morgan fingerprint density at radius 3 is 2.65 bits per heavy atom. The van der Waals surface area contributed by atoms with Gasteiger partial charge in [0, 0.05) is 18.7 Å². The van der Waals surface area contributed by atoms with Crippen molar-refractivity contribution in [1.29, 1.82) is 0 Å². The predicted molar refractivity (Wildman–Crippen MR) is 74.6 cm³/mol. The van der Waals surface area contributed by atoms with Crippen LogP contribution in [0.2, 0.25) is 0 Å². The fraction of sp³-hybridized carbons (Fsp3) is 0.533. The van der Waals surface area contributed by atoms with Crippen LogP contribution in [0.1, 0.15) is 33.1 Å². The van der Waals surface area contributed by atoms with Gasteiger partial charge in [0.25, 0.3) is 0 Å². The van der Waals surface area contributed by atoms with E-state index in [0.29, 0.717) is 12.5 Å². The molecule has 1 saturated carbocycles. The first kappa shape index (κ1) is 14.8. The highest BCUT2D eigenvalue weighted by Gasteiger charge is 2.32. The normalized spacial score (nSPS) is 14.4. The highest BCUT2D eigenvalue weighted by Crippen LogP contribution is 2.28. The molecule has 2 rings (SSSR count). The molecule has 1 N–H and O–H groups in total. The summed E-state index contributed by atoms with van der Waals surface area (Å²) in [5.41, 5.74) is 0.0200. The van der Waals surface area contributed by atoms with Crippen LogP contribution in [-0.4, -0.2) is 23.5 Å². The third kappa shape index (κ3) is 3.92. The monoisotopic (exact) mass is 282 g/mol. The molecule has 0 saturated heterocycles. The van der Waals surface area contributed by atoms with Gasteiger partial charge in [-0.3, -0.25) is 0 Å². The van der Waals surface area contributed by atoms with Crippen molar-refractivity contribution in [1.82, 2.24) is 4.90 Å². The van der Waals surface area contributed by atoms with E-state index in [1.807, 2.05) is 0 Å². The number of hydrogen-bond donors (Lipinski definition) is 1. The van der Waals surface area contributed by atoms with Gasteiger partial charge in [-0.05, 0) is 37.3 Å². The van der Waals surface area contributed by atoms with Crippen molar-refractivity contribution in [2.75, 3.05) is 11.9 Å². The molecule has 0 aromatic heterocycles. The highest BCUT2D eigenvalue weighted by atomic mass is 19.1. The van der Waals surface area contributed by atoms with Gasteiger partial charge in [-0.25, -0.2) is 13.6 Å². The van der Waals surface area contributed by atoms with Crippen LogP contribution in [-0.2, 0) is 0 Å². The molecule has 0 radical (unpaired) electrons. The quantitative estimate of drug-likeness (QED) is 0.869. The summed E-state index contributed by atoms with van der Waals surface area (Å²) in [5, 5.41) is 2.53. The molecule has 1 fully saturated rings. The molecular formula is C15H20F2N2O. The zero-order chi connectivity index (χ0) is 14.7. The summed E-state index contributed by atoms with van der Waals surface area (Å²) in [5.74, 6) is -0.899. The lowest BCUT2D eigenvalue weighted by atomic mass is 10.1. The third-order valence-corrected chi connectivity index (χ3v) is 3.37. The molecule has 0 heterocycles. The molecule has 110 valence electrons. The molecule has 3 nitrogen and oxygen atoms in total. The van der Waals surface area contributed by atoms with Crippen LogP contribution in [0.4, 0.5) is 19.3 Å². The van der Waals surface area contributed by atoms with E-state index < -0.39 is 11.6 Å². The lowest BCUT2D eigenvalue weighted by Crippen LogP contribution is -2.38. The van der Waals surface area contributed by atoms with E-state index in [0.717, 1.165) is 31.4 Å². The average Bonchev–Trinajstić information content (AvgIpc) is 3.17. The Hall–Kier alpha value is -1.65. The lowest BCUT2D eigenvalue weighted by molar-refractivity contribution is 0.205. The summed E-state index contributed by atoms with van der Waals surface area (Å²) < 4.78 is 26.4. The molecule has 1 aliphatic rings. The molecule has 0 spiro atoms. The first-order chi connectivity index (χ1) is 9.47. The number of urea groups is 1. The summed E-state index contributed by atoms with van der Waals surface area (Å²) in [4.78, 5) is 14.0. The van der Waals surface area contributed by atoms with Crippen LogP contribution in [0.3, 0.4) is 0 Å². The maximum absolute atomic E-state index is 13.5. The van der Waals surface area contributed by atoms with Gasteiger partial charge in [0.2, 0.25) is 0 Å². The van der Waals surface area contributed by atoms with Gasteiger partial charge >= 0.3 is 6.03 Å². The minimum atomic E-state index is -0.752. The Morgan fingerprint density at radius 1 is 1.40 bits per heavy atom. The van der Waals surface area contributed by atoms with Crippen molar-refractivity contribution in [3.63, 3.8) is 0 Å². The summed E-state index contributed by atoms with van der Waals surface area (Å²) in [6.45, 7) is 4.86. The second-order valence-corrected chi connectivity index (χ2v) is 5.66. The molecule has 1 aromatic carbocycles. The molecule has 0 bridgehead atoms. The van der Waals surface area contributed by atoms with Gasteiger partial charge in [-0.1, -0.05) is 13.8 Å². The Bertz CT molecular complexity index is 487. The predicted octanol–water partition coefficient (Wildman–Crippen LogP) is 4.01. The first-order valence-electron chi connectivity index (χ1n) is 7.00. The van der Waals surface area contributed by atoms with Crippen molar-refractivity contribution in [3.8, 4) is 0 Å². The number of carbonyl (C=O) groups excluding carboxylic acids is 1. The molecule has 20 heavy (non-hydrogen) atoms. The van der Waals surface area contributed by atoms with Crippen molar-refractivity contribution < 1.29 is 13.6 Å². The van der Waals surface area contributed by atoms with Crippen LogP contribution in [0.15, 0.2) is 18.2 Å². The van der Waals surface area contributed by atoms with Gasteiger partial charge in [-0.15, -0.1) is 0 Å². The molecule has 0 aliphatic heterocycles. The topological polar surface area (TPSA) is 32.3 Å². The largest absolute Gasteiger partial charge is 0.322 e. The number of anilines is 1. The van der Waals surface area contributed by atoms with E-state index in [-0.39, 0.29) is 17.8 Å². The molecule has 5 heteroatoms. The van der Waals surface area contributed by atoms with Crippen molar-refractivity contribution in [2.24, 2.45) is 5.92 Å². The Morgan fingerprint density at radius 2 is 2.10 bits per heavy atom. The van der Waals surface area contributed by atoms with Gasteiger partial charge < -0.3 is 10.2 Å². The van der Waals surface area contributed by atoms with E-state index in [1.54, 1.807) is 4.90 Å². The van der Waals surface area contributed by atoms with E-state index in [1.165, 1.54) is 6.07 Å². The molecular weight excluding hydrogens is 262 g/mol. The van der Waals surface area contributed by atoms with Crippen molar-refractivity contribution in [3.05, 3.63) is 29.8 Å². The van der Waals surface area contributed by atoms with E-state index in [2.05, 4.69) is 19.2 Å². The van der Waals surface area contributed by atoms with Gasteiger partial charge in [0.1, 0.15) is 11.6 Å². The number of hydrogen-bond acceptors (Lipinski definition) is 1. The molecule has 2 amide bonds. The smallest absolute Gasteiger partial charge is 0.322 e. The zero-order valence-electron chi connectivity index (χ0n) is 11.8. The van der Waals surface area contributed by atoms with E-state index >= 15 is 0 Å². The van der Waals surface area contributed by atoms with Crippen LogP contribution in [0, 0.1) is 17.6 Å². The minimum Gasteiger partial charge on any atom is -0.322 e. The van der Waals surface area contributed by atoms with Crippen LogP contribution >= 0.6 is 0 Å². The summed E-state index contributed by atoms with van der Waals surface area (Å²) in [7, 11) is 0. The number of halogens is 2. The maximum Gasteiger partial charge on any atom is 0.322 e. The third-order valence-electron chi connectivity index (χ3n) is 3.37. The molecule has 0 unspecified atom stereocenters. The minimum absolute atomic E-state index is 0.0200. The highest BCUT2D eigenvalue weighted by molar-refractivity contribution is 5.89. The second kappa shape index (κ2) is 6.20. The Balaban J connectivity index is 2.00. The van der Waals surface area contributed by atoms with Crippen LogP contribution in [0.5, 0.6) is 0 Å². The lowest BCUT2D eigenvalue weighted by Gasteiger charge is -2.23. The number of nitrogens with zero attached hydrogens (tertiary/aromatic N) is 1. The fourth-order valence-electron chi connectivity index (χ4n) is 2.01. The standard InChI is InChI=1S/C15H20F2N2O/c1-10(2)7-8-19(12-4-5-12)15(20)18-14-6-3-11(16)9-13(14)17/h3,6,9-10,12H,4-5,7-8H2,1-2H3,(H,18,20). The molecule has 1 aromatic rings. The summed E-state index contributed by atoms with van der Waals surface area (Å²) in [6.07, 6.45) is 2.91. The van der Waals surface area contributed by atoms with E-state index in [9.17, 15) is 13.6 Å². The second-order valence-electron chi connectivity index (χ2n) is 5.66. The first-order valence-corrected chi connectivity index (χ1v) is 7.00. The van der Waals surface area contributed by atoms with Crippen molar-refractivity contribution >= 4 is 11.7 Å². The summed E-state index contributed by atoms with van der Waals surface area (Å²) in [6, 6.07) is 3.10. The maximum atomic E-state index is 13.5. The average molecular weight is 282 g/mol. The van der Waals surface area contributed by atoms with Gasteiger partial charge in [-0.2, -0.15) is 0 Å². The molecule has 0 atom stereocenters. The zero-order valence-corrected chi connectivity index (χ0v) is 11.8. The van der Waals surface area contributed by atoms with Crippen LogP contribution < -0.4 is 5.32 Å². The van der Waals surface area contributed by atoms with Gasteiger partial charge in [0.15, 0.2) is 0 Å². The number of carbonyl (C=O) groups is 1. The van der Waals surface area contributed by atoms with E-state index in [4.69, 9.17) is 0 Å². The Kier molecular flexibility index (Phi) is 4.57. The number of amides is 2. The fourth-order valence-corrected chi connectivity index (χ4v) is 2.01. The van der Waals surface area contributed by atoms with Crippen molar-refractivity contribution in [2.45, 2.75) is 39.2 Å². The number of rotatable bonds is 5. The number of benzene rings is 1. The molecule has 1 aliphatic carbocycles. The van der Waals surface area contributed by atoms with Gasteiger partial charge in [0.05, 0.1) is 5.69 Å². The van der Waals surface area contributed by atoms with Crippen LogP contribution in [0.25, 0.3) is 0 Å².